The lowest BCUT2D eigenvalue weighted by Gasteiger charge is -2.35. The molecular weight excluding hydrogens is 394 g/mol. The largest absolute Gasteiger partial charge is 0.497 e. The maximum absolute atomic E-state index is 13.2. The SMILES string of the molecule is COc1ccc(OC)c(S(=O)(=O)N2CC[NH+](CC(=O)N(C(C)C)C(C)C)CC2)c1. The number of piperazine rings is 1. The molecule has 8 nitrogen and oxygen atoms in total. The highest BCUT2D eigenvalue weighted by Gasteiger charge is 2.34. The van der Waals surface area contributed by atoms with Gasteiger partial charge in [0, 0.05) is 18.2 Å². The number of carbonyl (C=O) groups is 1. The van der Waals surface area contributed by atoms with E-state index < -0.39 is 10.0 Å². The van der Waals surface area contributed by atoms with E-state index in [-0.39, 0.29) is 22.9 Å². The Bertz CT molecular complexity index is 794. The number of amides is 1. The molecule has 29 heavy (non-hydrogen) atoms. The topological polar surface area (TPSA) is 80.6 Å². The summed E-state index contributed by atoms with van der Waals surface area (Å²) in [6.45, 7) is 10.3. The Morgan fingerprint density at radius 3 is 2.17 bits per heavy atom. The van der Waals surface area contributed by atoms with Gasteiger partial charge in [-0.05, 0) is 39.8 Å². The molecule has 0 spiro atoms. The Labute approximate surface area is 174 Å². The minimum absolute atomic E-state index is 0.102. The second-order valence-electron chi connectivity index (χ2n) is 7.84. The van der Waals surface area contributed by atoms with Crippen LogP contribution in [0.15, 0.2) is 23.1 Å². The van der Waals surface area contributed by atoms with Crippen LogP contribution in [-0.4, -0.2) is 82.6 Å². The lowest BCUT2D eigenvalue weighted by molar-refractivity contribution is -0.896. The minimum atomic E-state index is -3.71. The van der Waals surface area contributed by atoms with Crippen molar-refractivity contribution in [3.63, 3.8) is 0 Å². The number of sulfonamides is 1. The summed E-state index contributed by atoms with van der Waals surface area (Å²) in [6.07, 6.45) is 0. The maximum atomic E-state index is 13.2. The van der Waals surface area contributed by atoms with Gasteiger partial charge in [-0.1, -0.05) is 0 Å². The van der Waals surface area contributed by atoms with Gasteiger partial charge in [0.15, 0.2) is 6.54 Å². The third-order valence-electron chi connectivity index (χ3n) is 5.22. The summed E-state index contributed by atoms with van der Waals surface area (Å²) >= 11 is 0. The van der Waals surface area contributed by atoms with Gasteiger partial charge < -0.3 is 19.3 Å². The Hall–Kier alpha value is -1.84. The smallest absolute Gasteiger partial charge is 0.278 e. The number of nitrogens with zero attached hydrogens (tertiary/aromatic N) is 2. The van der Waals surface area contributed by atoms with Crippen molar-refractivity contribution in [2.75, 3.05) is 46.9 Å². The molecule has 0 aliphatic carbocycles. The standard InChI is InChI=1S/C20H33N3O5S/c1-15(2)23(16(3)4)20(24)14-21-9-11-22(12-10-21)29(25,26)19-13-17(27-5)7-8-18(19)28-6/h7-8,13,15-16H,9-12,14H2,1-6H3/p+1. The zero-order valence-corrected chi connectivity index (χ0v) is 19.1. The van der Waals surface area contributed by atoms with E-state index in [1.165, 1.54) is 24.6 Å². The first-order valence-electron chi connectivity index (χ1n) is 9.98. The van der Waals surface area contributed by atoms with Crippen LogP contribution in [0.3, 0.4) is 0 Å². The van der Waals surface area contributed by atoms with Crippen LogP contribution < -0.4 is 14.4 Å². The van der Waals surface area contributed by atoms with Crippen LogP contribution in [0.25, 0.3) is 0 Å². The second-order valence-corrected chi connectivity index (χ2v) is 9.74. The molecule has 1 amide bonds. The number of ether oxygens (including phenoxy) is 2. The van der Waals surface area contributed by atoms with Gasteiger partial charge >= 0.3 is 0 Å². The lowest BCUT2D eigenvalue weighted by Crippen LogP contribution is -3.15. The third-order valence-corrected chi connectivity index (χ3v) is 7.14. The summed E-state index contributed by atoms with van der Waals surface area (Å²) in [4.78, 5) is 15.8. The molecular formula is C20H34N3O5S+. The Morgan fingerprint density at radius 1 is 1.10 bits per heavy atom. The molecule has 0 saturated carbocycles. The van der Waals surface area contributed by atoms with E-state index in [0.717, 1.165) is 4.90 Å². The quantitative estimate of drug-likeness (QED) is 0.642. The number of rotatable bonds is 8. The zero-order chi connectivity index (χ0) is 21.8. The molecule has 0 atom stereocenters. The summed E-state index contributed by atoms with van der Waals surface area (Å²) in [6, 6.07) is 5.03. The molecule has 0 unspecified atom stereocenters. The van der Waals surface area contributed by atoms with E-state index in [2.05, 4.69) is 0 Å². The van der Waals surface area contributed by atoms with Gasteiger partial charge in [0.1, 0.15) is 16.4 Å². The first-order valence-corrected chi connectivity index (χ1v) is 11.4. The van der Waals surface area contributed by atoms with E-state index >= 15 is 0 Å². The summed E-state index contributed by atoms with van der Waals surface area (Å²) in [7, 11) is -0.770. The minimum Gasteiger partial charge on any atom is -0.497 e. The first kappa shape index (κ1) is 23.4. The lowest BCUT2D eigenvalue weighted by atomic mass is 10.2. The van der Waals surface area contributed by atoms with Crippen LogP contribution in [0, 0.1) is 0 Å². The van der Waals surface area contributed by atoms with Gasteiger partial charge in [-0.15, -0.1) is 0 Å². The Balaban J connectivity index is 2.08. The Morgan fingerprint density at radius 2 is 1.69 bits per heavy atom. The van der Waals surface area contributed by atoms with Crippen molar-refractivity contribution in [3.8, 4) is 11.5 Å². The van der Waals surface area contributed by atoms with E-state index in [4.69, 9.17) is 9.47 Å². The number of quaternary nitrogens is 1. The van der Waals surface area contributed by atoms with Crippen LogP contribution in [0.1, 0.15) is 27.7 Å². The molecule has 0 radical (unpaired) electrons. The molecule has 1 N–H and O–H groups in total. The van der Waals surface area contributed by atoms with E-state index in [1.807, 2.05) is 32.6 Å². The van der Waals surface area contributed by atoms with Gasteiger partial charge in [-0.2, -0.15) is 4.31 Å². The number of hydrogen-bond donors (Lipinski definition) is 1. The van der Waals surface area contributed by atoms with Crippen LogP contribution in [0.4, 0.5) is 0 Å². The van der Waals surface area contributed by atoms with Gasteiger partial charge in [-0.3, -0.25) is 4.79 Å². The average molecular weight is 429 g/mol. The molecule has 1 aliphatic heterocycles. The van der Waals surface area contributed by atoms with E-state index in [1.54, 1.807) is 12.1 Å². The number of benzene rings is 1. The van der Waals surface area contributed by atoms with Crippen LogP contribution in [0.5, 0.6) is 11.5 Å². The van der Waals surface area contributed by atoms with Crippen molar-refractivity contribution in [2.45, 2.75) is 44.7 Å². The molecule has 164 valence electrons. The maximum Gasteiger partial charge on any atom is 0.278 e. The molecule has 9 heteroatoms. The summed E-state index contributed by atoms with van der Waals surface area (Å²) in [5, 5.41) is 0. The van der Waals surface area contributed by atoms with Crippen molar-refractivity contribution < 1.29 is 27.6 Å². The fourth-order valence-electron chi connectivity index (χ4n) is 3.82. The van der Waals surface area contributed by atoms with Crippen molar-refractivity contribution >= 4 is 15.9 Å². The number of methoxy groups -OCH3 is 2. The van der Waals surface area contributed by atoms with Gasteiger partial charge in [0.05, 0.1) is 40.4 Å². The summed E-state index contributed by atoms with van der Waals surface area (Å²) in [5.74, 6) is 0.859. The van der Waals surface area contributed by atoms with Crippen LogP contribution in [0.2, 0.25) is 0 Å². The van der Waals surface area contributed by atoms with Gasteiger partial charge in [-0.25, -0.2) is 8.42 Å². The monoisotopic (exact) mass is 428 g/mol. The molecule has 1 heterocycles. The highest BCUT2D eigenvalue weighted by Crippen LogP contribution is 2.30. The van der Waals surface area contributed by atoms with E-state index in [0.29, 0.717) is 44.2 Å². The molecule has 1 saturated heterocycles. The molecule has 1 aromatic carbocycles. The zero-order valence-electron chi connectivity index (χ0n) is 18.3. The highest BCUT2D eigenvalue weighted by atomic mass is 32.2. The fraction of sp³-hybridized carbons (Fsp3) is 0.650. The average Bonchev–Trinajstić information content (AvgIpc) is 2.67. The molecule has 0 bridgehead atoms. The summed E-state index contributed by atoms with van der Waals surface area (Å²) < 4.78 is 38.2. The van der Waals surface area contributed by atoms with Crippen molar-refractivity contribution in [2.24, 2.45) is 0 Å². The van der Waals surface area contributed by atoms with Crippen LogP contribution >= 0.6 is 0 Å². The first-order chi connectivity index (χ1) is 13.6. The number of hydrogen-bond acceptors (Lipinski definition) is 5. The van der Waals surface area contributed by atoms with Gasteiger partial charge in [0.25, 0.3) is 5.91 Å². The van der Waals surface area contributed by atoms with E-state index in [9.17, 15) is 13.2 Å². The van der Waals surface area contributed by atoms with Gasteiger partial charge in [0.2, 0.25) is 10.0 Å². The third kappa shape index (κ3) is 5.40. The van der Waals surface area contributed by atoms with Crippen molar-refractivity contribution in [1.82, 2.24) is 9.21 Å². The number of nitrogens with one attached hydrogen (secondary N) is 1. The van der Waals surface area contributed by atoms with Crippen LogP contribution in [-0.2, 0) is 14.8 Å². The predicted octanol–water partition coefficient (Wildman–Crippen LogP) is 0.238. The predicted molar refractivity (Wildman–Crippen MR) is 111 cm³/mol. The fourth-order valence-corrected chi connectivity index (χ4v) is 5.43. The second kappa shape index (κ2) is 9.77. The molecule has 0 aromatic heterocycles. The summed E-state index contributed by atoms with van der Waals surface area (Å²) in [5.41, 5.74) is 0. The normalized spacial score (nSPS) is 16.3. The van der Waals surface area contributed by atoms with Crippen molar-refractivity contribution in [3.05, 3.63) is 18.2 Å². The molecule has 1 aromatic rings. The molecule has 1 fully saturated rings. The Kier molecular flexibility index (Phi) is 7.90. The highest BCUT2D eigenvalue weighted by molar-refractivity contribution is 7.89. The molecule has 1 aliphatic rings. The molecule has 2 rings (SSSR count). The number of carbonyl (C=O) groups excluding carboxylic acids is 1. The van der Waals surface area contributed by atoms with Crippen molar-refractivity contribution in [1.29, 1.82) is 0 Å².